The molecule has 0 N–H and O–H groups in total. The molecular weight excluding hydrogens is 212 g/mol. The van der Waals surface area contributed by atoms with Crippen molar-refractivity contribution in [3.8, 4) is 0 Å². The summed E-state index contributed by atoms with van der Waals surface area (Å²) in [4.78, 5) is 2.21. The molecule has 1 saturated heterocycles. The van der Waals surface area contributed by atoms with Crippen LogP contribution in [0.1, 0.15) is 39.5 Å². The summed E-state index contributed by atoms with van der Waals surface area (Å²) in [5, 5.41) is 0. The first-order valence-electron chi connectivity index (χ1n) is 6.25. The van der Waals surface area contributed by atoms with Gasteiger partial charge in [-0.1, -0.05) is 13.8 Å². The molecule has 2 fully saturated rings. The molecule has 0 amide bonds. The molecule has 0 aromatic rings. The Bertz CT molecular complexity index is 203. The maximum atomic E-state index is 12.7. The number of hydrogen-bond acceptors (Lipinski definition) is 2. The molecule has 0 aromatic heterocycles. The highest BCUT2D eigenvalue weighted by Gasteiger charge is 2.49. The summed E-state index contributed by atoms with van der Waals surface area (Å²) in [6.45, 7) is 5.65. The van der Waals surface area contributed by atoms with E-state index < -0.39 is 5.92 Å². The lowest BCUT2D eigenvalue weighted by atomic mass is 9.86. The number of hydrogen-bond donors (Lipinski definition) is 0. The summed E-state index contributed by atoms with van der Waals surface area (Å²) in [5.74, 6) is -2.40. The number of likely N-dealkylation sites (tertiary alicyclic amines) is 1. The van der Waals surface area contributed by atoms with Crippen molar-refractivity contribution >= 4 is 0 Å². The summed E-state index contributed by atoms with van der Waals surface area (Å²) in [5.41, 5.74) is 0. The predicted octanol–water partition coefficient (Wildman–Crippen LogP) is 2.92. The van der Waals surface area contributed by atoms with Crippen LogP contribution in [0.5, 0.6) is 0 Å². The van der Waals surface area contributed by atoms with E-state index in [9.17, 15) is 8.78 Å². The van der Waals surface area contributed by atoms with E-state index in [-0.39, 0.29) is 18.9 Å². The van der Waals surface area contributed by atoms with Gasteiger partial charge in [0.1, 0.15) is 0 Å². The molecule has 0 spiro atoms. The Kier molecular flexibility index (Phi) is 5.12. The van der Waals surface area contributed by atoms with Crippen LogP contribution in [0.2, 0.25) is 0 Å². The summed E-state index contributed by atoms with van der Waals surface area (Å²) in [6.07, 6.45) is 2.31. The maximum Gasteiger partial charge on any atom is 0.251 e. The van der Waals surface area contributed by atoms with E-state index in [4.69, 9.17) is 4.74 Å². The highest BCUT2D eigenvalue weighted by Crippen LogP contribution is 2.42. The van der Waals surface area contributed by atoms with Gasteiger partial charge in [-0.2, -0.15) is 0 Å². The molecule has 2 rings (SSSR count). The van der Waals surface area contributed by atoms with Crippen molar-refractivity contribution < 1.29 is 13.5 Å². The predicted molar refractivity (Wildman–Crippen MR) is 60.9 cm³/mol. The monoisotopic (exact) mass is 235 g/mol. The molecule has 0 bridgehead atoms. The zero-order valence-corrected chi connectivity index (χ0v) is 10.5. The topological polar surface area (TPSA) is 12.5 Å². The Labute approximate surface area is 97.0 Å². The average molecular weight is 235 g/mol. The third-order valence-electron chi connectivity index (χ3n) is 3.32. The van der Waals surface area contributed by atoms with Gasteiger partial charge in [-0.15, -0.1) is 0 Å². The maximum absolute atomic E-state index is 12.7. The quantitative estimate of drug-likeness (QED) is 0.745. The molecule has 2 nitrogen and oxygen atoms in total. The van der Waals surface area contributed by atoms with E-state index >= 15 is 0 Å². The first kappa shape index (κ1) is 13.8. The van der Waals surface area contributed by atoms with Gasteiger partial charge in [0.05, 0.1) is 6.61 Å². The molecule has 4 heteroatoms. The van der Waals surface area contributed by atoms with Crippen LogP contribution in [0.15, 0.2) is 0 Å². The van der Waals surface area contributed by atoms with Crippen molar-refractivity contribution in [3.05, 3.63) is 0 Å². The number of ether oxygens (including phenoxy) is 1. The fourth-order valence-corrected chi connectivity index (χ4v) is 2.57. The molecule has 1 aliphatic carbocycles. The van der Waals surface area contributed by atoms with Crippen molar-refractivity contribution in [2.24, 2.45) is 0 Å². The molecule has 1 unspecified atom stereocenters. The average Bonchev–Trinajstić information content (AvgIpc) is 2.66. The van der Waals surface area contributed by atoms with E-state index in [2.05, 4.69) is 4.90 Å². The fraction of sp³-hybridized carbons (Fsp3) is 1.00. The van der Waals surface area contributed by atoms with Gasteiger partial charge in [-0.25, -0.2) is 8.78 Å². The van der Waals surface area contributed by atoms with E-state index in [1.54, 1.807) is 7.11 Å². The minimum absolute atomic E-state index is 0.0488. The summed E-state index contributed by atoms with van der Waals surface area (Å²) in [7, 11) is 1.67. The van der Waals surface area contributed by atoms with Crippen molar-refractivity contribution in [3.63, 3.8) is 0 Å². The highest BCUT2D eigenvalue weighted by molar-refractivity contribution is 4.97. The lowest BCUT2D eigenvalue weighted by molar-refractivity contribution is -0.129. The summed E-state index contributed by atoms with van der Waals surface area (Å²) >= 11 is 0. The largest absolute Gasteiger partial charge is 0.383 e. The smallest absolute Gasteiger partial charge is 0.251 e. The molecule has 0 aromatic carbocycles. The second-order valence-electron chi connectivity index (χ2n) is 4.41. The molecular formula is C12H23F2NO. The van der Waals surface area contributed by atoms with Crippen molar-refractivity contribution in [2.45, 2.75) is 57.5 Å². The van der Waals surface area contributed by atoms with Crippen LogP contribution < -0.4 is 0 Å². The Morgan fingerprint density at radius 1 is 1.31 bits per heavy atom. The van der Waals surface area contributed by atoms with E-state index in [1.807, 2.05) is 13.8 Å². The van der Waals surface area contributed by atoms with Crippen molar-refractivity contribution in [1.82, 2.24) is 4.90 Å². The van der Waals surface area contributed by atoms with Gasteiger partial charge in [0, 0.05) is 32.0 Å². The molecule has 2 aliphatic rings. The van der Waals surface area contributed by atoms with Gasteiger partial charge in [0.25, 0.3) is 5.92 Å². The van der Waals surface area contributed by atoms with Gasteiger partial charge in [-0.05, 0) is 19.4 Å². The minimum atomic E-state index is -2.40. The summed E-state index contributed by atoms with van der Waals surface area (Å²) < 4.78 is 30.5. The lowest BCUT2D eigenvalue weighted by Crippen LogP contribution is -2.53. The van der Waals surface area contributed by atoms with Crippen LogP contribution in [0, 0.1) is 0 Å². The Balaban J connectivity index is 0.000000606. The normalized spacial score (nSPS) is 29.4. The van der Waals surface area contributed by atoms with Crippen LogP contribution in [0.4, 0.5) is 8.78 Å². The minimum Gasteiger partial charge on any atom is -0.383 e. The number of methoxy groups -OCH3 is 1. The number of halogens is 2. The van der Waals surface area contributed by atoms with Gasteiger partial charge >= 0.3 is 0 Å². The van der Waals surface area contributed by atoms with Crippen molar-refractivity contribution in [1.29, 1.82) is 0 Å². The molecule has 1 aliphatic heterocycles. The molecule has 1 saturated carbocycles. The van der Waals surface area contributed by atoms with Crippen LogP contribution >= 0.6 is 0 Å². The van der Waals surface area contributed by atoms with Crippen molar-refractivity contribution in [2.75, 3.05) is 20.3 Å². The Hall–Kier alpha value is -0.220. The Morgan fingerprint density at radius 2 is 1.94 bits per heavy atom. The zero-order chi connectivity index (χ0) is 12.2. The van der Waals surface area contributed by atoms with Crippen LogP contribution in [-0.2, 0) is 4.74 Å². The number of rotatable bonds is 3. The first-order chi connectivity index (χ1) is 7.62. The van der Waals surface area contributed by atoms with Gasteiger partial charge < -0.3 is 4.74 Å². The summed E-state index contributed by atoms with van der Waals surface area (Å²) in [6, 6.07) is 0.480. The highest BCUT2D eigenvalue weighted by atomic mass is 19.3. The number of alkyl halides is 2. The molecule has 1 atom stereocenters. The van der Waals surface area contributed by atoms with E-state index in [1.165, 1.54) is 0 Å². The molecule has 96 valence electrons. The Morgan fingerprint density at radius 3 is 2.44 bits per heavy atom. The molecule has 0 radical (unpaired) electrons. The third-order valence-corrected chi connectivity index (χ3v) is 3.32. The first-order valence-corrected chi connectivity index (χ1v) is 6.25. The molecule has 16 heavy (non-hydrogen) atoms. The van der Waals surface area contributed by atoms with Gasteiger partial charge in [0.2, 0.25) is 0 Å². The SMILES string of the molecule is CC.COCC1CCCN1C1CC(F)(F)C1. The second kappa shape index (κ2) is 5.92. The van der Waals surface area contributed by atoms with E-state index in [0.717, 1.165) is 19.4 Å². The van der Waals surface area contributed by atoms with Gasteiger partial charge in [0.15, 0.2) is 0 Å². The standard InChI is InChI=1S/C10H17F2NO.C2H6/c1-14-7-8-3-2-4-13(8)9-5-10(11,12)6-9;1-2/h8-9H,2-7H2,1H3;1-2H3. The van der Waals surface area contributed by atoms with Gasteiger partial charge in [-0.3, -0.25) is 4.90 Å². The zero-order valence-electron chi connectivity index (χ0n) is 10.5. The third kappa shape index (κ3) is 3.14. The second-order valence-corrected chi connectivity index (χ2v) is 4.41. The lowest BCUT2D eigenvalue weighted by Gasteiger charge is -2.43. The number of nitrogens with zero attached hydrogens (tertiary/aromatic N) is 1. The van der Waals surface area contributed by atoms with Crippen LogP contribution in [-0.4, -0.2) is 43.2 Å². The van der Waals surface area contributed by atoms with Crippen LogP contribution in [0.3, 0.4) is 0 Å². The fourth-order valence-electron chi connectivity index (χ4n) is 2.57. The molecule has 1 heterocycles. The van der Waals surface area contributed by atoms with E-state index in [0.29, 0.717) is 12.6 Å². The van der Waals surface area contributed by atoms with Crippen LogP contribution in [0.25, 0.3) is 0 Å².